The van der Waals surface area contributed by atoms with Crippen LogP contribution in [-0.4, -0.2) is 21.4 Å². The fourth-order valence-electron chi connectivity index (χ4n) is 3.96. The number of allylic oxidation sites excluding steroid dienone is 2. The molecule has 2 N–H and O–H groups in total. The van der Waals surface area contributed by atoms with Gasteiger partial charge in [0.15, 0.2) is 0 Å². The average Bonchev–Trinajstić information content (AvgIpc) is 2.11. The van der Waals surface area contributed by atoms with Gasteiger partial charge in [-0.1, -0.05) is 37.1 Å². The highest BCUT2D eigenvalue weighted by Gasteiger charge is 2.50. The van der Waals surface area contributed by atoms with Gasteiger partial charge < -0.3 is 10.2 Å². The molecule has 4 unspecified atom stereocenters. The summed E-state index contributed by atoms with van der Waals surface area (Å²) in [6, 6.07) is 0. The fourth-order valence-corrected chi connectivity index (χ4v) is 3.96. The molecule has 0 saturated heterocycles. The van der Waals surface area contributed by atoms with E-state index in [0.29, 0.717) is 24.7 Å². The topological polar surface area (TPSA) is 40.5 Å². The summed E-state index contributed by atoms with van der Waals surface area (Å²) in [6.45, 7) is 8.39. The Labute approximate surface area is 110 Å². The van der Waals surface area contributed by atoms with E-state index in [2.05, 4.69) is 13.8 Å². The minimum Gasteiger partial charge on any atom is -0.382 e. The van der Waals surface area contributed by atoms with Crippen molar-refractivity contribution in [1.82, 2.24) is 0 Å². The minimum atomic E-state index is -1.09. The monoisotopic (exact) mass is 250 g/mol. The van der Waals surface area contributed by atoms with Crippen molar-refractivity contribution in [2.24, 2.45) is 11.8 Å². The second-order valence-electron chi connectivity index (χ2n) is 6.86. The summed E-state index contributed by atoms with van der Waals surface area (Å²) >= 11 is 0. The van der Waals surface area contributed by atoms with Gasteiger partial charge in [-0.25, -0.2) is 0 Å². The number of aliphatic hydroxyl groups is 2. The SMILES string of the molecule is CC1=CC(O)(C2(O)C=C(C)CC(C)C2)CC(C)C1. The maximum absolute atomic E-state index is 11.0. The Balaban J connectivity index is 2.39. The van der Waals surface area contributed by atoms with Crippen molar-refractivity contribution in [2.75, 3.05) is 0 Å². The summed E-state index contributed by atoms with van der Waals surface area (Å²) < 4.78 is 0. The highest BCUT2D eigenvalue weighted by molar-refractivity contribution is 5.29. The fraction of sp³-hybridized carbons (Fsp3) is 0.750. The highest BCUT2D eigenvalue weighted by atomic mass is 16.4. The number of rotatable bonds is 1. The molecule has 0 radical (unpaired) electrons. The zero-order valence-electron chi connectivity index (χ0n) is 12.0. The van der Waals surface area contributed by atoms with Crippen molar-refractivity contribution in [3.8, 4) is 0 Å². The molecule has 4 atom stereocenters. The molecule has 0 spiro atoms. The largest absolute Gasteiger partial charge is 0.382 e. The smallest absolute Gasteiger partial charge is 0.115 e. The molecule has 2 aliphatic carbocycles. The van der Waals surface area contributed by atoms with Crippen molar-refractivity contribution >= 4 is 0 Å². The quantitative estimate of drug-likeness (QED) is 0.702. The summed E-state index contributed by atoms with van der Waals surface area (Å²) in [7, 11) is 0. The molecule has 2 heteroatoms. The first-order valence-electron chi connectivity index (χ1n) is 7.05. The van der Waals surface area contributed by atoms with Gasteiger partial charge in [-0.15, -0.1) is 0 Å². The molecule has 18 heavy (non-hydrogen) atoms. The number of hydrogen-bond donors (Lipinski definition) is 2. The Morgan fingerprint density at radius 1 is 0.889 bits per heavy atom. The molecule has 2 nitrogen and oxygen atoms in total. The molecule has 2 rings (SSSR count). The van der Waals surface area contributed by atoms with E-state index in [0.717, 1.165) is 12.8 Å². The van der Waals surface area contributed by atoms with E-state index in [-0.39, 0.29) is 0 Å². The molecule has 0 aromatic carbocycles. The van der Waals surface area contributed by atoms with Crippen LogP contribution in [0.1, 0.15) is 53.4 Å². The van der Waals surface area contributed by atoms with Crippen LogP contribution in [0, 0.1) is 11.8 Å². The Morgan fingerprint density at radius 2 is 1.22 bits per heavy atom. The van der Waals surface area contributed by atoms with Crippen LogP contribution in [0.15, 0.2) is 23.3 Å². The molecule has 0 amide bonds. The molecule has 0 heterocycles. The van der Waals surface area contributed by atoms with Crippen molar-refractivity contribution in [3.63, 3.8) is 0 Å². The van der Waals surface area contributed by atoms with Gasteiger partial charge in [0, 0.05) is 0 Å². The summed E-state index contributed by atoms with van der Waals surface area (Å²) in [5.74, 6) is 0.852. The Bertz CT molecular complexity index is 358. The second-order valence-corrected chi connectivity index (χ2v) is 6.86. The maximum atomic E-state index is 11.0. The minimum absolute atomic E-state index is 0.426. The molecule has 0 saturated carbocycles. The second kappa shape index (κ2) is 4.50. The van der Waals surface area contributed by atoms with Crippen molar-refractivity contribution in [1.29, 1.82) is 0 Å². The van der Waals surface area contributed by atoms with E-state index >= 15 is 0 Å². The summed E-state index contributed by atoms with van der Waals surface area (Å²) in [5, 5.41) is 21.9. The molecule has 0 aromatic heterocycles. The lowest BCUT2D eigenvalue weighted by Crippen LogP contribution is -2.55. The van der Waals surface area contributed by atoms with Gasteiger partial charge in [-0.05, 0) is 51.4 Å². The molecule has 0 fully saturated rings. The van der Waals surface area contributed by atoms with Gasteiger partial charge >= 0.3 is 0 Å². The molecule has 0 aromatic rings. The van der Waals surface area contributed by atoms with Crippen LogP contribution < -0.4 is 0 Å². The average molecular weight is 250 g/mol. The van der Waals surface area contributed by atoms with Crippen molar-refractivity contribution < 1.29 is 10.2 Å². The van der Waals surface area contributed by atoms with E-state index in [1.807, 2.05) is 26.0 Å². The molecule has 2 aliphatic rings. The third-order valence-electron chi connectivity index (χ3n) is 4.38. The lowest BCUT2D eigenvalue weighted by Gasteiger charge is -2.47. The van der Waals surface area contributed by atoms with E-state index in [1.165, 1.54) is 11.1 Å². The first kappa shape index (κ1) is 13.8. The van der Waals surface area contributed by atoms with E-state index < -0.39 is 11.2 Å². The standard InChI is InChI=1S/C16H26O2/c1-11-5-12(2)8-15(17,7-11)16(18)9-13(3)6-14(4)10-16/h7,9,12,14,17-18H,5-6,8,10H2,1-4H3. The highest BCUT2D eigenvalue weighted by Crippen LogP contribution is 2.45. The predicted molar refractivity (Wildman–Crippen MR) is 74.2 cm³/mol. The van der Waals surface area contributed by atoms with E-state index in [1.54, 1.807) is 0 Å². The first-order valence-corrected chi connectivity index (χ1v) is 7.05. The van der Waals surface area contributed by atoms with Gasteiger partial charge in [0.25, 0.3) is 0 Å². The third kappa shape index (κ3) is 2.41. The number of hydrogen-bond acceptors (Lipinski definition) is 2. The van der Waals surface area contributed by atoms with Crippen LogP contribution in [0.25, 0.3) is 0 Å². The maximum Gasteiger partial charge on any atom is 0.115 e. The Morgan fingerprint density at radius 3 is 1.50 bits per heavy atom. The van der Waals surface area contributed by atoms with Crippen LogP contribution in [-0.2, 0) is 0 Å². The van der Waals surface area contributed by atoms with Gasteiger partial charge in [-0.3, -0.25) is 0 Å². The zero-order valence-corrected chi connectivity index (χ0v) is 12.0. The first-order chi connectivity index (χ1) is 8.24. The lowest BCUT2D eigenvalue weighted by molar-refractivity contribution is -0.120. The normalized spacial score (nSPS) is 45.4. The van der Waals surface area contributed by atoms with E-state index in [9.17, 15) is 10.2 Å². The molecular formula is C16H26O2. The van der Waals surface area contributed by atoms with Gasteiger partial charge in [0.05, 0.1) is 0 Å². The lowest BCUT2D eigenvalue weighted by atomic mass is 9.65. The molecule has 0 aliphatic heterocycles. The van der Waals surface area contributed by atoms with E-state index in [4.69, 9.17) is 0 Å². The van der Waals surface area contributed by atoms with Crippen LogP contribution in [0.3, 0.4) is 0 Å². The Hall–Kier alpha value is -0.600. The molecule has 0 bridgehead atoms. The van der Waals surface area contributed by atoms with Crippen LogP contribution in [0.5, 0.6) is 0 Å². The van der Waals surface area contributed by atoms with Crippen LogP contribution >= 0.6 is 0 Å². The van der Waals surface area contributed by atoms with Crippen molar-refractivity contribution in [3.05, 3.63) is 23.3 Å². The Kier molecular flexibility index (Phi) is 3.46. The summed E-state index contributed by atoms with van der Waals surface area (Å²) in [4.78, 5) is 0. The van der Waals surface area contributed by atoms with Gasteiger partial charge in [0.2, 0.25) is 0 Å². The van der Waals surface area contributed by atoms with Gasteiger partial charge in [0.1, 0.15) is 11.2 Å². The van der Waals surface area contributed by atoms with Gasteiger partial charge in [-0.2, -0.15) is 0 Å². The van der Waals surface area contributed by atoms with Crippen molar-refractivity contribution in [2.45, 2.75) is 64.6 Å². The molecular weight excluding hydrogens is 224 g/mol. The molecule has 102 valence electrons. The zero-order chi connectivity index (χ0) is 13.6. The summed E-state index contributed by atoms with van der Waals surface area (Å²) in [6.07, 6.45) is 7.14. The predicted octanol–water partition coefficient (Wildman–Crippen LogP) is 3.20. The summed E-state index contributed by atoms with van der Waals surface area (Å²) in [5.41, 5.74) is 0.193. The van der Waals surface area contributed by atoms with Crippen LogP contribution in [0.2, 0.25) is 0 Å². The third-order valence-corrected chi connectivity index (χ3v) is 4.38. The van der Waals surface area contributed by atoms with Crippen LogP contribution in [0.4, 0.5) is 0 Å².